The number of rotatable bonds is 0. The van der Waals surface area contributed by atoms with Crippen molar-refractivity contribution in [2.45, 2.75) is 16.7 Å². The van der Waals surface area contributed by atoms with E-state index < -0.39 is 0 Å². The predicted molar refractivity (Wildman–Crippen MR) is 53.3 cm³/mol. The third-order valence-electron chi connectivity index (χ3n) is 1.57. The maximum atomic E-state index is 5.32. The summed E-state index contributed by atoms with van der Waals surface area (Å²) in [5.74, 6) is 0.652. The molecule has 0 aliphatic carbocycles. The number of aromatic nitrogens is 1. The number of nitrogens with zero attached hydrogens (tertiary/aromatic N) is 1. The molecule has 62 valence electrons. The number of fused-ring (bicyclic) bond motifs is 1. The largest absolute Gasteiger partial charge is 0.441 e. The highest BCUT2D eigenvalue weighted by molar-refractivity contribution is 7.81. The van der Waals surface area contributed by atoms with E-state index in [1.807, 2.05) is 19.1 Å². The molecule has 0 spiro atoms. The van der Waals surface area contributed by atoms with Crippen molar-refractivity contribution >= 4 is 36.4 Å². The highest BCUT2D eigenvalue weighted by Gasteiger charge is 2.05. The van der Waals surface area contributed by atoms with Crippen LogP contribution in [0.1, 0.15) is 5.89 Å². The standard InChI is InChI=1S/C8H7NOS2/c1-4-9-8-6(10-4)2-5(11)3-7(8)12/h2-3,11-12H,1H3. The van der Waals surface area contributed by atoms with E-state index in [2.05, 4.69) is 30.2 Å². The fourth-order valence-electron chi connectivity index (χ4n) is 1.11. The molecule has 0 saturated heterocycles. The van der Waals surface area contributed by atoms with Crippen LogP contribution in [0.25, 0.3) is 11.1 Å². The van der Waals surface area contributed by atoms with Crippen molar-refractivity contribution in [2.75, 3.05) is 0 Å². The van der Waals surface area contributed by atoms with Gasteiger partial charge in [0.25, 0.3) is 0 Å². The molecule has 0 fully saturated rings. The summed E-state index contributed by atoms with van der Waals surface area (Å²) in [5.41, 5.74) is 1.54. The monoisotopic (exact) mass is 197 g/mol. The van der Waals surface area contributed by atoms with Crippen molar-refractivity contribution in [1.29, 1.82) is 0 Å². The molecule has 0 saturated carbocycles. The highest BCUT2D eigenvalue weighted by atomic mass is 32.1. The van der Waals surface area contributed by atoms with Crippen LogP contribution in [-0.2, 0) is 0 Å². The summed E-state index contributed by atoms with van der Waals surface area (Å²) in [6, 6.07) is 3.68. The maximum Gasteiger partial charge on any atom is 0.192 e. The Morgan fingerprint density at radius 2 is 2.08 bits per heavy atom. The molecule has 0 aliphatic rings. The number of hydrogen-bond acceptors (Lipinski definition) is 4. The summed E-state index contributed by atoms with van der Waals surface area (Å²) in [6.07, 6.45) is 0. The van der Waals surface area contributed by atoms with E-state index in [1.165, 1.54) is 0 Å². The molecule has 0 aliphatic heterocycles. The van der Waals surface area contributed by atoms with Crippen LogP contribution in [0.3, 0.4) is 0 Å². The molecule has 0 amide bonds. The first-order valence-electron chi connectivity index (χ1n) is 3.46. The molecule has 0 radical (unpaired) electrons. The van der Waals surface area contributed by atoms with Crippen LogP contribution in [-0.4, -0.2) is 4.98 Å². The lowest BCUT2D eigenvalue weighted by Gasteiger charge is -1.93. The Balaban J connectivity index is 2.88. The minimum Gasteiger partial charge on any atom is -0.441 e. The molecule has 2 aromatic rings. The van der Waals surface area contributed by atoms with Gasteiger partial charge in [-0.1, -0.05) is 0 Å². The minimum absolute atomic E-state index is 0.652. The van der Waals surface area contributed by atoms with Crippen LogP contribution in [0.2, 0.25) is 0 Å². The molecule has 1 aromatic heterocycles. The second kappa shape index (κ2) is 2.71. The lowest BCUT2D eigenvalue weighted by Crippen LogP contribution is -1.73. The van der Waals surface area contributed by atoms with Gasteiger partial charge in [0.1, 0.15) is 5.52 Å². The fraction of sp³-hybridized carbons (Fsp3) is 0.125. The normalized spacial score (nSPS) is 10.9. The smallest absolute Gasteiger partial charge is 0.192 e. The van der Waals surface area contributed by atoms with Crippen molar-refractivity contribution in [3.05, 3.63) is 18.0 Å². The van der Waals surface area contributed by atoms with E-state index in [0.717, 1.165) is 20.9 Å². The van der Waals surface area contributed by atoms with Crippen molar-refractivity contribution < 1.29 is 4.42 Å². The second-order valence-electron chi connectivity index (χ2n) is 2.54. The Bertz CT molecular complexity index is 436. The molecule has 0 bridgehead atoms. The van der Waals surface area contributed by atoms with Gasteiger partial charge in [-0.25, -0.2) is 4.98 Å². The predicted octanol–water partition coefficient (Wildman–Crippen LogP) is 2.71. The van der Waals surface area contributed by atoms with Crippen molar-refractivity contribution in [1.82, 2.24) is 4.98 Å². The van der Waals surface area contributed by atoms with Gasteiger partial charge in [0.15, 0.2) is 11.5 Å². The highest BCUT2D eigenvalue weighted by Crippen LogP contribution is 2.25. The summed E-state index contributed by atoms with van der Waals surface area (Å²) < 4.78 is 5.32. The molecular formula is C8H7NOS2. The van der Waals surface area contributed by atoms with Crippen LogP contribution in [0.5, 0.6) is 0 Å². The zero-order valence-corrected chi connectivity index (χ0v) is 8.19. The van der Waals surface area contributed by atoms with Gasteiger partial charge >= 0.3 is 0 Å². The molecule has 1 heterocycles. The van der Waals surface area contributed by atoms with E-state index in [1.54, 1.807) is 0 Å². The van der Waals surface area contributed by atoms with Crippen LogP contribution in [0.15, 0.2) is 26.3 Å². The molecule has 0 unspecified atom stereocenters. The first-order chi connectivity index (χ1) is 5.66. The van der Waals surface area contributed by atoms with Gasteiger partial charge in [-0.05, 0) is 12.1 Å². The Hall–Kier alpha value is -0.610. The molecular weight excluding hydrogens is 190 g/mol. The quantitative estimate of drug-likeness (QED) is 0.635. The molecule has 4 heteroatoms. The van der Waals surface area contributed by atoms with Crippen LogP contribution < -0.4 is 0 Å². The van der Waals surface area contributed by atoms with E-state index in [9.17, 15) is 0 Å². The SMILES string of the molecule is Cc1nc2c(S)cc(S)cc2o1. The zero-order chi connectivity index (χ0) is 8.72. The Kier molecular flexibility index (Phi) is 1.81. The van der Waals surface area contributed by atoms with Gasteiger partial charge in [-0.15, -0.1) is 25.3 Å². The average molecular weight is 197 g/mol. The molecule has 2 nitrogen and oxygen atoms in total. The topological polar surface area (TPSA) is 26.0 Å². The summed E-state index contributed by atoms with van der Waals surface area (Å²) in [5, 5.41) is 0. The lowest BCUT2D eigenvalue weighted by molar-refractivity contribution is 0.560. The van der Waals surface area contributed by atoms with Gasteiger partial charge in [0.2, 0.25) is 0 Å². The summed E-state index contributed by atoms with van der Waals surface area (Å²) >= 11 is 8.46. The van der Waals surface area contributed by atoms with Crippen LogP contribution in [0.4, 0.5) is 0 Å². The van der Waals surface area contributed by atoms with Crippen LogP contribution in [0, 0.1) is 6.92 Å². The number of oxazole rings is 1. The van der Waals surface area contributed by atoms with Gasteiger partial charge in [0.05, 0.1) is 0 Å². The van der Waals surface area contributed by atoms with Gasteiger partial charge < -0.3 is 4.42 Å². The second-order valence-corrected chi connectivity index (χ2v) is 3.54. The summed E-state index contributed by atoms with van der Waals surface area (Å²) in [4.78, 5) is 5.81. The molecule has 0 atom stereocenters. The summed E-state index contributed by atoms with van der Waals surface area (Å²) in [7, 11) is 0. The number of thiol groups is 2. The number of benzene rings is 1. The number of aryl methyl sites for hydroxylation is 1. The first kappa shape index (κ1) is 8.01. The van der Waals surface area contributed by atoms with Crippen molar-refractivity contribution in [2.24, 2.45) is 0 Å². The Labute approximate surface area is 80.8 Å². The molecule has 0 N–H and O–H groups in total. The van der Waals surface area contributed by atoms with Crippen molar-refractivity contribution in [3.63, 3.8) is 0 Å². The van der Waals surface area contributed by atoms with E-state index in [0.29, 0.717) is 5.89 Å². The Morgan fingerprint density at radius 3 is 2.83 bits per heavy atom. The molecule has 2 rings (SSSR count). The average Bonchev–Trinajstić information content (AvgIpc) is 2.29. The van der Waals surface area contributed by atoms with E-state index >= 15 is 0 Å². The Morgan fingerprint density at radius 1 is 1.33 bits per heavy atom. The molecule has 1 aromatic carbocycles. The van der Waals surface area contributed by atoms with Gasteiger partial charge in [-0.2, -0.15) is 0 Å². The number of hydrogen-bond donors (Lipinski definition) is 2. The first-order valence-corrected chi connectivity index (χ1v) is 4.35. The maximum absolute atomic E-state index is 5.32. The summed E-state index contributed by atoms with van der Waals surface area (Å²) in [6.45, 7) is 1.81. The third kappa shape index (κ3) is 1.21. The van der Waals surface area contributed by atoms with Gasteiger partial charge in [-0.3, -0.25) is 0 Å². The van der Waals surface area contributed by atoms with E-state index in [-0.39, 0.29) is 0 Å². The van der Waals surface area contributed by atoms with Crippen LogP contribution >= 0.6 is 25.3 Å². The van der Waals surface area contributed by atoms with E-state index in [4.69, 9.17) is 4.42 Å². The van der Waals surface area contributed by atoms with Crippen molar-refractivity contribution in [3.8, 4) is 0 Å². The zero-order valence-electron chi connectivity index (χ0n) is 6.40. The third-order valence-corrected chi connectivity index (χ3v) is 2.17. The van der Waals surface area contributed by atoms with Gasteiger partial charge in [0, 0.05) is 16.7 Å². The minimum atomic E-state index is 0.652. The molecule has 12 heavy (non-hydrogen) atoms. The fourth-order valence-corrected chi connectivity index (χ4v) is 1.76. The lowest BCUT2D eigenvalue weighted by atomic mass is 10.3.